The predicted molar refractivity (Wildman–Crippen MR) is 94.4 cm³/mol. The lowest BCUT2D eigenvalue weighted by atomic mass is 9.86. The Morgan fingerprint density at radius 2 is 1.95 bits per heavy atom. The molecule has 1 N–H and O–H groups in total. The second-order valence-electron chi connectivity index (χ2n) is 6.55. The Balaban J connectivity index is 2.25. The molecule has 0 spiro atoms. The van der Waals surface area contributed by atoms with Crippen LogP contribution in [0.2, 0.25) is 0 Å². The molecule has 1 aromatic carbocycles. The third-order valence-corrected chi connectivity index (χ3v) is 5.85. The van der Waals surface area contributed by atoms with Crippen LogP contribution in [0.15, 0.2) is 40.9 Å². The number of rotatable bonds is 4. The minimum absolute atomic E-state index is 0.106. The van der Waals surface area contributed by atoms with Gasteiger partial charge in [0.2, 0.25) is 0 Å². The molecular formula is C17H24BrNOS. The van der Waals surface area contributed by atoms with Crippen molar-refractivity contribution in [1.82, 2.24) is 4.72 Å². The number of allylic oxidation sites excluding steroid dienone is 1. The summed E-state index contributed by atoms with van der Waals surface area (Å²) >= 11 is 3.48. The van der Waals surface area contributed by atoms with E-state index >= 15 is 0 Å². The van der Waals surface area contributed by atoms with Crippen molar-refractivity contribution in [2.45, 2.75) is 50.8 Å². The summed E-state index contributed by atoms with van der Waals surface area (Å²) in [5.74, 6) is 0.409. The number of hydrogen-bond donors (Lipinski definition) is 1. The predicted octanol–water partition coefficient (Wildman–Crippen LogP) is 4.90. The van der Waals surface area contributed by atoms with E-state index in [0.717, 1.165) is 17.3 Å². The third kappa shape index (κ3) is 4.76. The van der Waals surface area contributed by atoms with Gasteiger partial charge in [-0.2, -0.15) is 0 Å². The topological polar surface area (TPSA) is 29.1 Å². The fraction of sp³-hybridized carbons (Fsp3) is 0.529. The summed E-state index contributed by atoms with van der Waals surface area (Å²) in [6.07, 6.45) is 8.04. The highest BCUT2D eigenvalue weighted by Crippen LogP contribution is 2.32. The highest BCUT2D eigenvalue weighted by Gasteiger charge is 2.28. The molecule has 0 unspecified atom stereocenters. The van der Waals surface area contributed by atoms with Gasteiger partial charge in [0.05, 0.1) is 21.8 Å². The first-order valence-corrected chi connectivity index (χ1v) is 9.42. The standard InChI is InChI=1S/C17H24BrNOS/c1-17(2,3)21(20)19-16(13-7-5-4-6-8-13)14-9-11-15(18)12-10-14/h5,7,9-13,16,19H,4,6,8H2,1-3H3/t13-,16+,21+/m1/s1. The molecule has 0 bridgehead atoms. The molecule has 0 fully saturated rings. The van der Waals surface area contributed by atoms with E-state index in [2.05, 4.69) is 57.1 Å². The molecule has 21 heavy (non-hydrogen) atoms. The van der Waals surface area contributed by atoms with Gasteiger partial charge in [0, 0.05) is 4.47 Å². The highest BCUT2D eigenvalue weighted by atomic mass is 79.9. The van der Waals surface area contributed by atoms with Crippen molar-refractivity contribution in [3.8, 4) is 0 Å². The van der Waals surface area contributed by atoms with Crippen molar-refractivity contribution < 1.29 is 4.21 Å². The van der Waals surface area contributed by atoms with E-state index in [0.29, 0.717) is 5.92 Å². The van der Waals surface area contributed by atoms with Crippen molar-refractivity contribution in [3.05, 3.63) is 46.5 Å². The lowest BCUT2D eigenvalue weighted by Gasteiger charge is -2.30. The summed E-state index contributed by atoms with van der Waals surface area (Å²) in [5.41, 5.74) is 1.20. The van der Waals surface area contributed by atoms with Gasteiger partial charge in [0.15, 0.2) is 0 Å². The second-order valence-corrected chi connectivity index (χ2v) is 9.46. The molecule has 2 rings (SSSR count). The summed E-state index contributed by atoms with van der Waals surface area (Å²) in [6, 6.07) is 8.44. The van der Waals surface area contributed by atoms with Crippen molar-refractivity contribution >= 4 is 26.9 Å². The molecular weight excluding hydrogens is 346 g/mol. The van der Waals surface area contributed by atoms with Crippen LogP contribution in [-0.2, 0) is 11.0 Å². The molecule has 0 radical (unpaired) electrons. The zero-order chi connectivity index (χ0) is 15.5. The maximum atomic E-state index is 12.5. The van der Waals surface area contributed by atoms with Crippen LogP contribution < -0.4 is 4.72 Å². The number of benzene rings is 1. The highest BCUT2D eigenvalue weighted by molar-refractivity contribution is 9.10. The lowest BCUT2D eigenvalue weighted by molar-refractivity contribution is 0.429. The molecule has 0 aliphatic heterocycles. The Hall–Kier alpha value is -0.450. The first-order chi connectivity index (χ1) is 9.88. The minimum atomic E-state index is -1.07. The van der Waals surface area contributed by atoms with E-state index in [1.54, 1.807) is 0 Å². The maximum Gasteiger partial charge on any atom is 0.0976 e. The molecule has 0 aromatic heterocycles. The molecule has 0 heterocycles. The SMILES string of the molecule is CC(C)(C)[S@](=O)N[C@H](c1ccc(Br)cc1)[C@@H]1C=CCCC1. The van der Waals surface area contributed by atoms with Crippen LogP contribution in [-0.4, -0.2) is 8.96 Å². The van der Waals surface area contributed by atoms with Crippen molar-refractivity contribution in [3.63, 3.8) is 0 Å². The van der Waals surface area contributed by atoms with Gasteiger partial charge in [-0.15, -0.1) is 0 Å². The van der Waals surface area contributed by atoms with E-state index < -0.39 is 11.0 Å². The number of nitrogens with one attached hydrogen (secondary N) is 1. The first-order valence-electron chi connectivity index (χ1n) is 7.48. The third-order valence-electron chi connectivity index (χ3n) is 3.74. The van der Waals surface area contributed by atoms with Gasteiger partial charge in [-0.05, 0) is 63.6 Å². The van der Waals surface area contributed by atoms with Crippen LogP contribution >= 0.6 is 15.9 Å². The van der Waals surface area contributed by atoms with Crippen molar-refractivity contribution in [2.75, 3.05) is 0 Å². The Morgan fingerprint density at radius 3 is 2.48 bits per heavy atom. The molecule has 116 valence electrons. The molecule has 0 saturated carbocycles. The fourth-order valence-corrected chi connectivity index (χ4v) is 3.64. The summed E-state index contributed by atoms with van der Waals surface area (Å²) in [6.45, 7) is 6.02. The van der Waals surface area contributed by atoms with Gasteiger partial charge in [-0.25, -0.2) is 8.93 Å². The average molecular weight is 370 g/mol. The van der Waals surface area contributed by atoms with E-state index in [4.69, 9.17) is 0 Å². The van der Waals surface area contributed by atoms with E-state index in [-0.39, 0.29) is 10.8 Å². The Bertz CT molecular complexity index is 519. The number of hydrogen-bond acceptors (Lipinski definition) is 1. The fourth-order valence-electron chi connectivity index (χ4n) is 2.48. The average Bonchev–Trinajstić information content (AvgIpc) is 2.45. The summed E-state index contributed by atoms with van der Waals surface area (Å²) in [4.78, 5) is 0. The van der Waals surface area contributed by atoms with Crippen molar-refractivity contribution in [1.29, 1.82) is 0 Å². The van der Waals surface area contributed by atoms with Gasteiger partial charge >= 0.3 is 0 Å². The molecule has 0 saturated heterocycles. The van der Waals surface area contributed by atoms with E-state index in [1.807, 2.05) is 20.8 Å². The van der Waals surface area contributed by atoms with Gasteiger partial charge in [-0.3, -0.25) is 0 Å². The molecule has 3 atom stereocenters. The van der Waals surface area contributed by atoms with Crippen molar-refractivity contribution in [2.24, 2.45) is 5.92 Å². The van der Waals surface area contributed by atoms with E-state index in [9.17, 15) is 4.21 Å². The Kier molecular flexibility index (Phi) is 5.81. The summed E-state index contributed by atoms with van der Waals surface area (Å²) in [7, 11) is -1.07. The second kappa shape index (κ2) is 7.21. The number of halogens is 1. The van der Waals surface area contributed by atoms with Crippen LogP contribution in [0.5, 0.6) is 0 Å². The zero-order valence-corrected chi connectivity index (χ0v) is 15.3. The normalized spacial score (nSPS) is 22.0. The van der Waals surface area contributed by atoms with Crippen LogP contribution in [0, 0.1) is 5.92 Å². The summed E-state index contributed by atoms with van der Waals surface area (Å²) in [5, 5.41) is 0. The molecule has 0 amide bonds. The quantitative estimate of drug-likeness (QED) is 0.751. The Labute approximate surface area is 139 Å². The molecule has 4 heteroatoms. The monoisotopic (exact) mass is 369 g/mol. The minimum Gasteiger partial charge on any atom is -0.242 e. The largest absolute Gasteiger partial charge is 0.242 e. The van der Waals surface area contributed by atoms with Crippen LogP contribution in [0.3, 0.4) is 0 Å². The van der Waals surface area contributed by atoms with Crippen LogP contribution in [0.1, 0.15) is 51.6 Å². The van der Waals surface area contributed by atoms with Gasteiger partial charge in [0.25, 0.3) is 0 Å². The first kappa shape index (κ1) is 16.9. The van der Waals surface area contributed by atoms with Gasteiger partial charge in [0.1, 0.15) is 0 Å². The smallest absolute Gasteiger partial charge is 0.0976 e. The molecule has 2 nitrogen and oxygen atoms in total. The Morgan fingerprint density at radius 1 is 1.29 bits per heavy atom. The zero-order valence-electron chi connectivity index (χ0n) is 12.9. The molecule has 1 aliphatic carbocycles. The molecule has 1 aliphatic rings. The van der Waals surface area contributed by atoms with Gasteiger partial charge < -0.3 is 0 Å². The maximum absolute atomic E-state index is 12.5. The summed E-state index contributed by atoms with van der Waals surface area (Å²) < 4.78 is 16.7. The van der Waals surface area contributed by atoms with Crippen LogP contribution in [0.25, 0.3) is 0 Å². The van der Waals surface area contributed by atoms with Crippen LogP contribution in [0.4, 0.5) is 0 Å². The lowest BCUT2D eigenvalue weighted by Crippen LogP contribution is -2.38. The molecule has 1 aromatic rings. The van der Waals surface area contributed by atoms with E-state index in [1.165, 1.54) is 12.0 Å². The van der Waals surface area contributed by atoms with Gasteiger partial charge in [-0.1, -0.05) is 40.2 Å².